The monoisotopic (exact) mass is 315 g/mol. The molecule has 0 bridgehead atoms. The minimum atomic E-state index is -0.134. The van der Waals surface area contributed by atoms with E-state index >= 15 is 0 Å². The molecule has 0 saturated carbocycles. The average Bonchev–Trinajstić information content (AvgIpc) is 2.86. The Balaban J connectivity index is 2.45. The van der Waals surface area contributed by atoms with Crippen molar-refractivity contribution in [3.63, 3.8) is 0 Å². The molecule has 0 spiro atoms. The van der Waals surface area contributed by atoms with Gasteiger partial charge < -0.3 is 9.73 Å². The second-order valence-electron chi connectivity index (χ2n) is 4.42. The molecule has 1 unspecified atom stereocenters. The van der Waals surface area contributed by atoms with E-state index in [9.17, 15) is 4.79 Å². The molecule has 1 rings (SSSR count). The number of rotatable bonds is 7. The molecule has 0 aliphatic rings. The molecule has 1 heterocycles. The van der Waals surface area contributed by atoms with Crippen LogP contribution in [0.15, 0.2) is 16.5 Å². The lowest BCUT2D eigenvalue weighted by molar-refractivity contribution is 0.0922. The van der Waals surface area contributed by atoms with E-state index < -0.39 is 0 Å². The smallest absolute Gasteiger partial charge is 0.287 e. The summed E-state index contributed by atoms with van der Waals surface area (Å²) in [6, 6.07) is 3.58. The molecule has 0 radical (unpaired) electrons. The van der Waals surface area contributed by atoms with Gasteiger partial charge in [-0.25, -0.2) is 0 Å². The van der Waals surface area contributed by atoms with Gasteiger partial charge in [0.2, 0.25) is 0 Å². The minimum Gasteiger partial charge on any atom is -0.456 e. The molecule has 0 fully saturated rings. The lowest BCUT2D eigenvalue weighted by atomic mass is 9.99. The third kappa shape index (κ3) is 4.16. The maximum atomic E-state index is 11.9. The number of furan rings is 1. The first-order chi connectivity index (χ1) is 8.62. The topological polar surface area (TPSA) is 42.2 Å². The summed E-state index contributed by atoms with van der Waals surface area (Å²) in [7, 11) is 0. The number of halogens is 1. The quantitative estimate of drug-likeness (QED) is 0.778. The maximum absolute atomic E-state index is 11.9. The molecule has 1 N–H and O–H groups in total. The molecule has 102 valence electrons. The van der Waals surface area contributed by atoms with E-state index in [4.69, 9.17) is 4.42 Å². The number of nitrogens with one attached hydrogen (secondary N) is 1. The summed E-state index contributed by atoms with van der Waals surface area (Å²) >= 11 is 3.64. The Morgan fingerprint density at radius 1 is 1.33 bits per heavy atom. The maximum Gasteiger partial charge on any atom is 0.287 e. The van der Waals surface area contributed by atoms with Gasteiger partial charge in [0.15, 0.2) is 5.76 Å². The van der Waals surface area contributed by atoms with Gasteiger partial charge in [-0.3, -0.25) is 4.79 Å². The van der Waals surface area contributed by atoms with E-state index in [2.05, 4.69) is 35.1 Å². The van der Waals surface area contributed by atoms with Crippen LogP contribution in [-0.4, -0.2) is 17.3 Å². The van der Waals surface area contributed by atoms with E-state index in [0.717, 1.165) is 25.0 Å². The van der Waals surface area contributed by atoms with Crippen molar-refractivity contribution in [3.05, 3.63) is 23.7 Å². The minimum absolute atomic E-state index is 0.134. The zero-order valence-electron chi connectivity index (χ0n) is 11.3. The Morgan fingerprint density at radius 2 is 2.00 bits per heavy atom. The van der Waals surface area contributed by atoms with Crippen molar-refractivity contribution in [2.45, 2.75) is 44.9 Å². The summed E-state index contributed by atoms with van der Waals surface area (Å²) in [5.41, 5.74) is 0. The lowest BCUT2D eigenvalue weighted by Gasteiger charge is -2.19. The van der Waals surface area contributed by atoms with Crippen LogP contribution >= 0.6 is 15.9 Å². The first-order valence-corrected chi connectivity index (χ1v) is 7.54. The zero-order valence-corrected chi connectivity index (χ0v) is 12.9. The van der Waals surface area contributed by atoms with Gasteiger partial charge in [0.25, 0.3) is 5.91 Å². The fraction of sp³-hybridized carbons (Fsp3) is 0.643. The highest BCUT2D eigenvalue weighted by atomic mass is 79.9. The molecular formula is C14H22BrNO2. The normalized spacial score (nSPS) is 12.7. The van der Waals surface area contributed by atoms with Crippen molar-refractivity contribution >= 4 is 21.8 Å². The average molecular weight is 316 g/mol. The van der Waals surface area contributed by atoms with Crippen LogP contribution in [0.2, 0.25) is 0 Å². The van der Waals surface area contributed by atoms with Gasteiger partial charge in [-0.1, -0.05) is 49.5 Å². The fourth-order valence-electron chi connectivity index (χ4n) is 1.93. The van der Waals surface area contributed by atoms with Gasteiger partial charge >= 0.3 is 0 Å². The molecule has 1 aromatic heterocycles. The van der Waals surface area contributed by atoms with Gasteiger partial charge in [0, 0.05) is 17.8 Å². The Hall–Kier alpha value is -0.770. The van der Waals surface area contributed by atoms with Gasteiger partial charge in [0.05, 0.1) is 0 Å². The fourth-order valence-corrected chi connectivity index (χ4v) is 2.84. The van der Waals surface area contributed by atoms with Gasteiger partial charge in [-0.05, 0) is 18.1 Å². The third-order valence-electron chi connectivity index (χ3n) is 3.25. The first kappa shape index (κ1) is 15.3. The van der Waals surface area contributed by atoms with E-state index in [0.29, 0.717) is 23.1 Å². The molecule has 1 aromatic rings. The van der Waals surface area contributed by atoms with E-state index in [1.165, 1.54) is 0 Å². The summed E-state index contributed by atoms with van der Waals surface area (Å²) < 4.78 is 5.41. The van der Waals surface area contributed by atoms with Crippen LogP contribution < -0.4 is 5.32 Å². The van der Waals surface area contributed by atoms with E-state index in [-0.39, 0.29) is 5.91 Å². The predicted molar refractivity (Wildman–Crippen MR) is 77.2 cm³/mol. The summed E-state index contributed by atoms with van der Waals surface area (Å²) in [4.78, 5) is 12.2. The summed E-state index contributed by atoms with van der Waals surface area (Å²) in [6.07, 6.45) is 3.04. The second-order valence-corrected chi connectivity index (χ2v) is 5.60. The molecule has 1 amide bonds. The molecule has 18 heavy (non-hydrogen) atoms. The molecule has 0 aliphatic heterocycles. The standard InChI is InChI=1S/C14H22BrNO2/c1-4-10(5-2)12(15)9-16-14(17)13-8-7-11(6-3)18-13/h7-8,10,12H,4-6,9H2,1-3H3,(H,16,17). The Labute approximate surface area is 117 Å². The molecule has 4 heteroatoms. The van der Waals surface area contributed by atoms with Crippen molar-refractivity contribution in [3.8, 4) is 0 Å². The number of aryl methyl sites for hydroxylation is 1. The lowest BCUT2D eigenvalue weighted by Crippen LogP contribution is -2.32. The summed E-state index contributed by atoms with van der Waals surface area (Å²) in [6.45, 7) is 6.98. The van der Waals surface area contributed by atoms with Crippen molar-refractivity contribution in [1.29, 1.82) is 0 Å². The third-order valence-corrected chi connectivity index (χ3v) is 4.32. The largest absolute Gasteiger partial charge is 0.456 e. The molecule has 0 aliphatic carbocycles. The highest BCUT2D eigenvalue weighted by Crippen LogP contribution is 2.19. The zero-order chi connectivity index (χ0) is 13.5. The highest BCUT2D eigenvalue weighted by Gasteiger charge is 2.17. The summed E-state index contributed by atoms with van der Waals surface area (Å²) in [5.74, 6) is 1.70. The second kappa shape index (κ2) is 7.62. The Morgan fingerprint density at radius 3 is 2.50 bits per heavy atom. The predicted octanol–water partition coefficient (Wildman–Crippen LogP) is 3.77. The highest BCUT2D eigenvalue weighted by molar-refractivity contribution is 9.09. The van der Waals surface area contributed by atoms with Crippen LogP contribution in [-0.2, 0) is 6.42 Å². The van der Waals surface area contributed by atoms with Crippen LogP contribution in [0, 0.1) is 5.92 Å². The molecule has 0 aromatic carbocycles. The van der Waals surface area contributed by atoms with Crippen molar-refractivity contribution in [2.75, 3.05) is 6.54 Å². The van der Waals surface area contributed by atoms with Gasteiger partial charge in [-0.15, -0.1) is 0 Å². The number of hydrogen-bond acceptors (Lipinski definition) is 2. The van der Waals surface area contributed by atoms with Gasteiger partial charge in [-0.2, -0.15) is 0 Å². The van der Waals surface area contributed by atoms with Crippen molar-refractivity contribution in [1.82, 2.24) is 5.32 Å². The summed E-state index contributed by atoms with van der Waals surface area (Å²) in [5, 5.41) is 2.91. The van der Waals surface area contributed by atoms with Crippen LogP contribution in [0.4, 0.5) is 0 Å². The first-order valence-electron chi connectivity index (χ1n) is 6.63. The number of carbonyl (C=O) groups is 1. The van der Waals surface area contributed by atoms with Crippen molar-refractivity contribution < 1.29 is 9.21 Å². The SMILES string of the molecule is CCc1ccc(C(=O)NCC(Br)C(CC)CC)o1. The van der Waals surface area contributed by atoms with Crippen LogP contribution in [0.25, 0.3) is 0 Å². The van der Waals surface area contributed by atoms with Crippen LogP contribution in [0.1, 0.15) is 49.9 Å². The number of carbonyl (C=O) groups excluding carboxylic acids is 1. The van der Waals surface area contributed by atoms with E-state index in [1.54, 1.807) is 6.07 Å². The number of alkyl halides is 1. The molecule has 3 nitrogen and oxygen atoms in total. The van der Waals surface area contributed by atoms with Crippen LogP contribution in [0.5, 0.6) is 0 Å². The number of hydrogen-bond donors (Lipinski definition) is 1. The van der Waals surface area contributed by atoms with E-state index in [1.807, 2.05) is 13.0 Å². The number of amides is 1. The van der Waals surface area contributed by atoms with Crippen LogP contribution in [0.3, 0.4) is 0 Å². The molecular weight excluding hydrogens is 294 g/mol. The Bertz CT molecular complexity index is 372. The Kier molecular flexibility index (Phi) is 6.47. The van der Waals surface area contributed by atoms with Crippen molar-refractivity contribution in [2.24, 2.45) is 5.92 Å². The molecule has 1 atom stereocenters. The van der Waals surface area contributed by atoms with Gasteiger partial charge in [0.1, 0.15) is 5.76 Å². The molecule has 0 saturated heterocycles.